The van der Waals surface area contributed by atoms with E-state index in [2.05, 4.69) is 16.4 Å². The molecule has 1 N–H and O–H groups in total. The SMILES string of the molecule is N#C/C(=C1/C(=O)Nc2ccccc21)c1ccccn1. The third-order valence-corrected chi connectivity index (χ3v) is 2.95. The van der Waals surface area contributed by atoms with Gasteiger partial charge in [0.25, 0.3) is 5.91 Å². The van der Waals surface area contributed by atoms with E-state index < -0.39 is 0 Å². The Hall–Kier alpha value is -2.93. The number of aromatic nitrogens is 1. The van der Waals surface area contributed by atoms with Crippen molar-refractivity contribution in [3.8, 4) is 6.07 Å². The maximum atomic E-state index is 12.1. The van der Waals surface area contributed by atoms with Crippen LogP contribution < -0.4 is 5.32 Å². The summed E-state index contributed by atoms with van der Waals surface area (Å²) < 4.78 is 0. The number of allylic oxidation sites excluding steroid dienone is 1. The number of hydrogen-bond donors (Lipinski definition) is 1. The van der Waals surface area contributed by atoms with Gasteiger partial charge in [-0.25, -0.2) is 0 Å². The van der Waals surface area contributed by atoms with Gasteiger partial charge < -0.3 is 5.32 Å². The van der Waals surface area contributed by atoms with E-state index in [9.17, 15) is 10.1 Å². The molecule has 0 bridgehead atoms. The number of nitrogens with zero attached hydrogens (tertiary/aromatic N) is 2. The number of carbonyl (C=O) groups is 1. The lowest BCUT2D eigenvalue weighted by Gasteiger charge is -2.02. The van der Waals surface area contributed by atoms with E-state index in [1.807, 2.05) is 24.3 Å². The van der Waals surface area contributed by atoms with Crippen LogP contribution in [0.1, 0.15) is 11.3 Å². The molecule has 0 spiro atoms. The number of anilines is 1. The summed E-state index contributed by atoms with van der Waals surface area (Å²) in [4.78, 5) is 16.2. The second kappa shape index (κ2) is 4.39. The van der Waals surface area contributed by atoms with E-state index in [1.54, 1.807) is 24.4 Å². The molecule has 90 valence electrons. The largest absolute Gasteiger partial charge is 0.321 e. The molecule has 1 aliphatic rings. The highest BCUT2D eigenvalue weighted by atomic mass is 16.2. The van der Waals surface area contributed by atoms with Crippen LogP contribution in [-0.2, 0) is 4.79 Å². The number of amides is 1. The van der Waals surface area contributed by atoms with Gasteiger partial charge in [-0.2, -0.15) is 5.26 Å². The Kier molecular flexibility index (Phi) is 2.58. The van der Waals surface area contributed by atoms with Crippen LogP contribution >= 0.6 is 0 Å². The zero-order valence-electron chi connectivity index (χ0n) is 9.92. The molecule has 1 aromatic heterocycles. The highest BCUT2D eigenvalue weighted by Gasteiger charge is 2.28. The molecule has 1 aromatic carbocycles. The standard InChI is InChI=1S/C15H9N3O/c16-9-11(12-6-3-4-8-17-12)14-10-5-1-2-7-13(10)18-15(14)19/h1-8H,(H,18,19)/b14-11-. The summed E-state index contributed by atoms with van der Waals surface area (Å²) in [5.41, 5.74) is 2.66. The van der Waals surface area contributed by atoms with Crippen molar-refractivity contribution >= 4 is 22.7 Å². The van der Waals surface area contributed by atoms with Gasteiger partial charge in [-0.15, -0.1) is 0 Å². The monoisotopic (exact) mass is 247 g/mol. The van der Waals surface area contributed by atoms with Crippen LogP contribution in [0, 0.1) is 11.3 Å². The van der Waals surface area contributed by atoms with Crippen LogP contribution in [-0.4, -0.2) is 10.9 Å². The molecule has 0 atom stereocenters. The fraction of sp³-hybridized carbons (Fsp3) is 0. The molecule has 4 nitrogen and oxygen atoms in total. The number of para-hydroxylation sites is 1. The van der Waals surface area contributed by atoms with Gasteiger partial charge in [0.2, 0.25) is 0 Å². The number of pyridine rings is 1. The van der Waals surface area contributed by atoms with Gasteiger partial charge >= 0.3 is 0 Å². The van der Waals surface area contributed by atoms with Gasteiger partial charge in [-0.1, -0.05) is 24.3 Å². The minimum atomic E-state index is -0.261. The lowest BCUT2D eigenvalue weighted by atomic mass is 9.99. The Morgan fingerprint density at radius 2 is 1.95 bits per heavy atom. The van der Waals surface area contributed by atoms with Crippen LogP contribution in [0.15, 0.2) is 48.7 Å². The number of fused-ring (bicyclic) bond motifs is 1. The molecule has 1 amide bonds. The minimum Gasteiger partial charge on any atom is -0.321 e. The van der Waals surface area contributed by atoms with Crippen molar-refractivity contribution in [1.82, 2.24) is 4.98 Å². The fourth-order valence-electron chi connectivity index (χ4n) is 2.12. The third kappa shape index (κ3) is 1.78. The summed E-state index contributed by atoms with van der Waals surface area (Å²) in [6, 6.07) is 14.7. The maximum Gasteiger partial charge on any atom is 0.257 e. The van der Waals surface area contributed by atoms with Gasteiger partial charge in [0.1, 0.15) is 6.07 Å². The maximum absolute atomic E-state index is 12.1. The molecule has 0 aliphatic carbocycles. The van der Waals surface area contributed by atoms with Crippen LogP contribution in [0.3, 0.4) is 0 Å². The molecule has 0 saturated heterocycles. The quantitative estimate of drug-likeness (QED) is 0.621. The van der Waals surface area contributed by atoms with Crippen LogP contribution in [0.25, 0.3) is 11.1 Å². The molecule has 0 saturated carbocycles. The van der Waals surface area contributed by atoms with E-state index in [0.717, 1.165) is 11.3 Å². The Bertz CT molecular complexity index is 727. The summed E-state index contributed by atoms with van der Waals surface area (Å²) in [6.45, 7) is 0. The summed E-state index contributed by atoms with van der Waals surface area (Å²) in [5.74, 6) is -0.261. The van der Waals surface area contributed by atoms with E-state index in [4.69, 9.17) is 0 Å². The Morgan fingerprint density at radius 3 is 2.68 bits per heavy atom. The van der Waals surface area contributed by atoms with Crippen molar-refractivity contribution in [2.75, 3.05) is 5.32 Å². The number of nitrogens with one attached hydrogen (secondary N) is 1. The van der Waals surface area contributed by atoms with E-state index >= 15 is 0 Å². The zero-order chi connectivity index (χ0) is 13.2. The van der Waals surface area contributed by atoms with Crippen molar-refractivity contribution in [2.45, 2.75) is 0 Å². The van der Waals surface area contributed by atoms with Crippen molar-refractivity contribution in [3.05, 3.63) is 59.9 Å². The molecule has 1 aliphatic heterocycles. The molecule has 2 heterocycles. The lowest BCUT2D eigenvalue weighted by molar-refractivity contribution is -0.110. The zero-order valence-corrected chi connectivity index (χ0v) is 9.92. The topological polar surface area (TPSA) is 65.8 Å². The predicted molar refractivity (Wildman–Crippen MR) is 71.7 cm³/mol. The first-order valence-electron chi connectivity index (χ1n) is 5.78. The predicted octanol–water partition coefficient (Wildman–Crippen LogP) is 2.47. The molecule has 0 fully saturated rings. The molecule has 3 rings (SSSR count). The van der Waals surface area contributed by atoms with Gasteiger partial charge in [-0.05, 0) is 18.2 Å². The second-order valence-corrected chi connectivity index (χ2v) is 4.08. The first-order valence-corrected chi connectivity index (χ1v) is 5.78. The van der Waals surface area contributed by atoms with Crippen LogP contribution in [0.5, 0.6) is 0 Å². The van der Waals surface area contributed by atoms with E-state index in [1.165, 1.54) is 0 Å². The molecule has 19 heavy (non-hydrogen) atoms. The van der Waals surface area contributed by atoms with Gasteiger partial charge in [0, 0.05) is 17.4 Å². The summed E-state index contributed by atoms with van der Waals surface area (Å²) in [6.07, 6.45) is 1.60. The van der Waals surface area contributed by atoms with Gasteiger partial charge in [0.05, 0.1) is 16.8 Å². The van der Waals surface area contributed by atoms with Crippen molar-refractivity contribution in [2.24, 2.45) is 0 Å². The molecular formula is C15H9N3O. The highest BCUT2D eigenvalue weighted by molar-refractivity contribution is 6.37. The smallest absolute Gasteiger partial charge is 0.257 e. The summed E-state index contributed by atoms with van der Waals surface area (Å²) in [5, 5.41) is 12.1. The average molecular weight is 247 g/mol. The first kappa shape index (κ1) is 11.2. The van der Waals surface area contributed by atoms with Gasteiger partial charge in [0.15, 0.2) is 0 Å². The number of carbonyl (C=O) groups excluding carboxylic acids is 1. The normalized spacial score (nSPS) is 15.4. The molecule has 0 unspecified atom stereocenters. The second-order valence-electron chi connectivity index (χ2n) is 4.08. The van der Waals surface area contributed by atoms with Crippen molar-refractivity contribution in [1.29, 1.82) is 5.26 Å². The highest BCUT2D eigenvalue weighted by Crippen LogP contribution is 2.35. The molecule has 0 radical (unpaired) electrons. The Morgan fingerprint density at radius 1 is 1.16 bits per heavy atom. The van der Waals surface area contributed by atoms with Gasteiger partial charge in [-0.3, -0.25) is 9.78 Å². The molecular weight excluding hydrogens is 238 g/mol. The summed E-state index contributed by atoms with van der Waals surface area (Å²) in [7, 11) is 0. The number of rotatable bonds is 1. The first-order chi connectivity index (χ1) is 9.31. The van der Waals surface area contributed by atoms with Crippen LogP contribution in [0.2, 0.25) is 0 Å². The van der Waals surface area contributed by atoms with Crippen molar-refractivity contribution in [3.63, 3.8) is 0 Å². The minimum absolute atomic E-state index is 0.261. The molecule has 4 heteroatoms. The average Bonchev–Trinajstić information content (AvgIpc) is 2.78. The fourth-order valence-corrected chi connectivity index (χ4v) is 2.12. The third-order valence-electron chi connectivity index (χ3n) is 2.95. The number of benzene rings is 1. The van der Waals surface area contributed by atoms with E-state index in [-0.39, 0.29) is 5.91 Å². The number of nitriles is 1. The Labute approximate surface area is 110 Å². The van der Waals surface area contributed by atoms with E-state index in [0.29, 0.717) is 16.8 Å². The summed E-state index contributed by atoms with van der Waals surface area (Å²) >= 11 is 0. The van der Waals surface area contributed by atoms with Crippen molar-refractivity contribution < 1.29 is 4.79 Å². The van der Waals surface area contributed by atoms with Crippen LogP contribution in [0.4, 0.5) is 5.69 Å². The lowest BCUT2D eigenvalue weighted by Crippen LogP contribution is -2.06. The molecule has 2 aromatic rings. The Balaban J connectivity index is 2.27. The number of hydrogen-bond acceptors (Lipinski definition) is 3.